The van der Waals surface area contributed by atoms with Crippen molar-refractivity contribution >= 4 is 16.8 Å². The average molecular weight is 339 g/mol. The first kappa shape index (κ1) is 16.9. The van der Waals surface area contributed by atoms with E-state index < -0.39 is 6.04 Å². The molecule has 0 saturated carbocycles. The van der Waals surface area contributed by atoms with Crippen LogP contribution in [0.3, 0.4) is 0 Å². The molecule has 0 bridgehead atoms. The van der Waals surface area contributed by atoms with Gasteiger partial charge in [-0.3, -0.25) is 14.2 Å². The monoisotopic (exact) mass is 339 g/mol. The number of imidazole rings is 1. The number of aryl methyl sites for hydroxylation is 1. The molecule has 0 fully saturated rings. The molecule has 1 amide bonds. The second-order valence-electron chi connectivity index (χ2n) is 6.05. The Kier molecular flexibility index (Phi) is 4.65. The second-order valence-corrected chi connectivity index (χ2v) is 6.05. The van der Waals surface area contributed by atoms with E-state index >= 15 is 0 Å². The highest BCUT2D eigenvalue weighted by molar-refractivity contribution is 5.81. The molecule has 0 spiro atoms. The first-order valence-electron chi connectivity index (χ1n) is 8.21. The second kappa shape index (κ2) is 6.88. The predicted octanol–water partition coefficient (Wildman–Crippen LogP) is 1.59. The molecule has 1 N–H and O–H groups in total. The van der Waals surface area contributed by atoms with Crippen LogP contribution in [0.2, 0.25) is 0 Å². The Morgan fingerprint density at radius 2 is 1.96 bits per heavy atom. The molecule has 0 unspecified atom stereocenters. The molecule has 2 heterocycles. The van der Waals surface area contributed by atoms with Crippen LogP contribution in [0.5, 0.6) is 0 Å². The maximum atomic E-state index is 12.5. The zero-order valence-electron chi connectivity index (χ0n) is 14.6. The van der Waals surface area contributed by atoms with Gasteiger partial charge in [-0.2, -0.15) is 0 Å². The van der Waals surface area contributed by atoms with Crippen LogP contribution in [0.1, 0.15) is 24.4 Å². The minimum Gasteiger partial charge on any atom is -0.353 e. The fraction of sp³-hybridized carbons (Fsp3) is 0.333. The van der Waals surface area contributed by atoms with Gasteiger partial charge >= 0.3 is 0 Å². The molecule has 1 atom stereocenters. The quantitative estimate of drug-likeness (QED) is 0.765. The lowest BCUT2D eigenvalue weighted by Gasteiger charge is -2.15. The lowest BCUT2D eigenvalue weighted by atomic mass is 10.2. The third-order valence-electron chi connectivity index (χ3n) is 4.48. The molecule has 0 aliphatic heterocycles. The van der Waals surface area contributed by atoms with E-state index in [1.807, 2.05) is 24.5 Å². The zero-order valence-corrected chi connectivity index (χ0v) is 14.6. The van der Waals surface area contributed by atoms with E-state index in [2.05, 4.69) is 15.3 Å². The number of carbonyl (C=O) groups is 1. The molecule has 3 aromatic rings. The van der Waals surface area contributed by atoms with Crippen molar-refractivity contribution in [3.63, 3.8) is 0 Å². The van der Waals surface area contributed by atoms with E-state index in [1.54, 1.807) is 31.5 Å². The summed E-state index contributed by atoms with van der Waals surface area (Å²) in [6.45, 7) is 6.74. The molecule has 3 rings (SSSR count). The van der Waals surface area contributed by atoms with Crippen LogP contribution >= 0.6 is 0 Å². The topological polar surface area (TPSA) is 81.8 Å². The van der Waals surface area contributed by atoms with Gasteiger partial charge in [0, 0.05) is 18.8 Å². The molecular formula is C18H21N5O2. The molecule has 0 radical (unpaired) electrons. The maximum Gasteiger partial charge on any atom is 0.261 e. The Bertz CT molecular complexity index is 973. The number of rotatable bonds is 5. The van der Waals surface area contributed by atoms with Crippen molar-refractivity contribution < 1.29 is 4.79 Å². The summed E-state index contributed by atoms with van der Waals surface area (Å²) in [6, 6.07) is 6.48. The summed E-state index contributed by atoms with van der Waals surface area (Å²) in [5, 5.41) is 3.37. The van der Waals surface area contributed by atoms with Gasteiger partial charge in [0.15, 0.2) is 0 Å². The van der Waals surface area contributed by atoms with E-state index in [1.165, 1.54) is 10.9 Å². The highest BCUT2D eigenvalue weighted by Gasteiger charge is 2.17. The number of fused-ring (bicyclic) bond motifs is 1. The Labute approximate surface area is 145 Å². The number of nitrogens with one attached hydrogen (secondary N) is 1. The molecule has 7 heteroatoms. The summed E-state index contributed by atoms with van der Waals surface area (Å²) in [6.07, 6.45) is 3.19. The van der Waals surface area contributed by atoms with Crippen LogP contribution in [-0.4, -0.2) is 31.6 Å². The zero-order chi connectivity index (χ0) is 18.0. The van der Waals surface area contributed by atoms with Crippen LogP contribution < -0.4 is 10.9 Å². The van der Waals surface area contributed by atoms with Crippen LogP contribution in [0.4, 0.5) is 0 Å². The van der Waals surface area contributed by atoms with Crippen molar-refractivity contribution in [1.29, 1.82) is 0 Å². The summed E-state index contributed by atoms with van der Waals surface area (Å²) >= 11 is 0. The van der Waals surface area contributed by atoms with Gasteiger partial charge in [-0.15, -0.1) is 0 Å². The normalized spacial score (nSPS) is 12.3. The van der Waals surface area contributed by atoms with Gasteiger partial charge in [0.25, 0.3) is 5.56 Å². The molecule has 2 aromatic heterocycles. The number of carbonyl (C=O) groups excluding carboxylic acids is 1. The van der Waals surface area contributed by atoms with Gasteiger partial charge in [-0.05, 0) is 32.9 Å². The highest BCUT2D eigenvalue weighted by Crippen LogP contribution is 2.08. The van der Waals surface area contributed by atoms with E-state index in [0.29, 0.717) is 24.0 Å². The fourth-order valence-corrected chi connectivity index (χ4v) is 2.70. The number of aromatic nitrogens is 4. The summed E-state index contributed by atoms with van der Waals surface area (Å²) in [5.41, 5.74) is 2.47. The smallest absolute Gasteiger partial charge is 0.261 e. The van der Waals surface area contributed by atoms with Gasteiger partial charge in [-0.1, -0.05) is 12.1 Å². The molecule has 130 valence electrons. The minimum absolute atomic E-state index is 0.214. The van der Waals surface area contributed by atoms with E-state index in [9.17, 15) is 9.59 Å². The number of hydrogen-bond donors (Lipinski definition) is 1. The predicted molar refractivity (Wildman–Crippen MR) is 95.4 cm³/mol. The van der Waals surface area contributed by atoms with Gasteiger partial charge in [0.2, 0.25) is 5.91 Å². The summed E-state index contributed by atoms with van der Waals surface area (Å²) in [4.78, 5) is 33.4. The molecule has 7 nitrogen and oxygen atoms in total. The highest BCUT2D eigenvalue weighted by atomic mass is 16.2. The van der Waals surface area contributed by atoms with Crippen molar-refractivity contribution in [2.45, 2.75) is 33.4 Å². The number of hydrogen-bond acceptors (Lipinski definition) is 4. The van der Waals surface area contributed by atoms with Crippen molar-refractivity contribution in [2.24, 2.45) is 0 Å². The molecule has 25 heavy (non-hydrogen) atoms. The molecule has 0 aliphatic carbocycles. The van der Waals surface area contributed by atoms with Crippen LogP contribution in [0.15, 0.2) is 41.7 Å². The van der Waals surface area contributed by atoms with E-state index in [0.717, 1.165) is 11.4 Å². The van der Waals surface area contributed by atoms with Gasteiger partial charge in [0.1, 0.15) is 6.04 Å². The maximum absolute atomic E-state index is 12.5. The van der Waals surface area contributed by atoms with Crippen molar-refractivity contribution in [2.75, 3.05) is 6.54 Å². The Morgan fingerprint density at radius 1 is 1.20 bits per heavy atom. The fourth-order valence-electron chi connectivity index (χ4n) is 2.70. The Morgan fingerprint density at radius 3 is 2.68 bits per heavy atom. The summed E-state index contributed by atoms with van der Waals surface area (Å²) < 4.78 is 3.36. The third kappa shape index (κ3) is 3.31. The lowest BCUT2D eigenvalue weighted by molar-refractivity contribution is -0.123. The van der Waals surface area contributed by atoms with Crippen molar-refractivity contribution in [3.8, 4) is 0 Å². The molecule has 1 aromatic carbocycles. The molecule has 0 saturated heterocycles. The summed E-state index contributed by atoms with van der Waals surface area (Å²) in [7, 11) is 0. The van der Waals surface area contributed by atoms with Crippen LogP contribution in [-0.2, 0) is 11.3 Å². The molecule has 0 aliphatic rings. The lowest BCUT2D eigenvalue weighted by Crippen LogP contribution is -2.37. The summed E-state index contributed by atoms with van der Waals surface area (Å²) in [5.74, 6) is -0.214. The Balaban J connectivity index is 1.69. The first-order valence-corrected chi connectivity index (χ1v) is 8.21. The van der Waals surface area contributed by atoms with Crippen molar-refractivity contribution in [1.82, 2.24) is 24.4 Å². The third-order valence-corrected chi connectivity index (χ3v) is 4.48. The van der Waals surface area contributed by atoms with Gasteiger partial charge in [-0.25, -0.2) is 9.97 Å². The Hall–Kier alpha value is -2.96. The number of amides is 1. The van der Waals surface area contributed by atoms with Gasteiger partial charge in [0.05, 0.1) is 29.3 Å². The number of benzene rings is 1. The average Bonchev–Trinajstić information content (AvgIpc) is 2.94. The van der Waals surface area contributed by atoms with Crippen LogP contribution in [0, 0.1) is 13.8 Å². The largest absolute Gasteiger partial charge is 0.353 e. The van der Waals surface area contributed by atoms with E-state index in [-0.39, 0.29) is 11.5 Å². The van der Waals surface area contributed by atoms with Gasteiger partial charge < -0.3 is 9.88 Å². The van der Waals surface area contributed by atoms with Crippen molar-refractivity contribution in [3.05, 3.63) is 58.7 Å². The number of para-hydroxylation sites is 1. The number of nitrogens with zero attached hydrogens (tertiary/aromatic N) is 4. The van der Waals surface area contributed by atoms with Crippen LogP contribution in [0.25, 0.3) is 10.9 Å². The molecular weight excluding hydrogens is 318 g/mol. The standard InChI is InChI=1S/C18H21N5O2/c1-12-13(2)22(10-20-12)9-8-19-17(24)14(3)23-11-21-16-7-5-4-6-15(16)18(23)25/h4-7,10-11,14H,8-9H2,1-3H3,(H,19,24)/t14-/m1/s1. The minimum atomic E-state index is -0.629. The van der Waals surface area contributed by atoms with E-state index in [4.69, 9.17) is 0 Å². The first-order chi connectivity index (χ1) is 12.0. The SMILES string of the molecule is Cc1ncn(CCNC(=O)[C@@H](C)n2cnc3ccccc3c2=O)c1C.